The van der Waals surface area contributed by atoms with E-state index in [1.807, 2.05) is 38.2 Å². The number of amides is 1. The smallest absolute Gasteiger partial charge is 0.274 e. The van der Waals surface area contributed by atoms with Gasteiger partial charge in [-0.1, -0.05) is 0 Å². The number of nitrogens with zero attached hydrogens (tertiary/aromatic N) is 4. The van der Waals surface area contributed by atoms with E-state index in [1.54, 1.807) is 0 Å². The maximum absolute atomic E-state index is 13.0. The highest BCUT2D eigenvalue weighted by Gasteiger charge is 2.31. The molecular weight excluding hydrogens is 354 g/mol. The van der Waals surface area contributed by atoms with Crippen LogP contribution in [0.5, 0.6) is 0 Å². The second-order valence-electron chi connectivity index (χ2n) is 8.08. The van der Waals surface area contributed by atoms with E-state index in [0.29, 0.717) is 11.6 Å². The van der Waals surface area contributed by atoms with Crippen LogP contribution >= 0.6 is 0 Å². The van der Waals surface area contributed by atoms with Crippen LogP contribution in [0, 0.1) is 5.92 Å². The summed E-state index contributed by atoms with van der Waals surface area (Å²) in [6.07, 6.45) is 6.64. The van der Waals surface area contributed by atoms with Crippen molar-refractivity contribution < 1.29 is 9.53 Å². The Bertz CT molecular complexity index is 813. The molecule has 0 spiro atoms. The highest BCUT2D eigenvalue weighted by atomic mass is 16.5. The summed E-state index contributed by atoms with van der Waals surface area (Å²) >= 11 is 0. The SMILES string of the molecule is C[C@@H]1Cc2c(C(=O)N(C)CC3CCN(c4ccncc4)CC3)n[nH]c2[C@H](C)O1. The fraction of sp³-hybridized carbons (Fsp3) is 0.571. The van der Waals surface area contributed by atoms with Gasteiger partial charge < -0.3 is 14.5 Å². The third-order valence-electron chi connectivity index (χ3n) is 5.96. The summed E-state index contributed by atoms with van der Waals surface area (Å²) in [5.74, 6) is 0.526. The third kappa shape index (κ3) is 3.76. The molecule has 0 bridgehead atoms. The first-order valence-electron chi connectivity index (χ1n) is 10.2. The summed E-state index contributed by atoms with van der Waals surface area (Å²) in [4.78, 5) is 21.4. The average Bonchev–Trinajstić information content (AvgIpc) is 3.12. The Balaban J connectivity index is 1.36. The number of hydrogen-bond donors (Lipinski definition) is 1. The van der Waals surface area contributed by atoms with Gasteiger partial charge in [-0.05, 0) is 44.7 Å². The number of anilines is 1. The van der Waals surface area contributed by atoms with Gasteiger partial charge in [-0.25, -0.2) is 0 Å². The third-order valence-corrected chi connectivity index (χ3v) is 5.96. The number of piperidine rings is 1. The quantitative estimate of drug-likeness (QED) is 0.879. The van der Waals surface area contributed by atoms with Crippen LogP contribution in [0.25, 0.3) is 0 Å². The van der Waals surface area contributed by atoms with Crippen LogP contribution in [0.2, 0.25) is 0 Å². The van der Waals surface area contributed by atoms with Gasteiger partial charge in [-0.15, -0.1) is 0 Å². The Kier molecular flexibility index (Phi) is 5.35. The molecule has 0 unspecified atom stereocenters. The molecule has 2 aromatic rings. The van der Waals surface area contributed by atoms with E-state index in [1.165, 1.54) is 5.69 Å². The van der Waals surface area contributed by atoms with E-state index in [9.17, 15) is 4.79 Å². The van der Waals surface area contributed by atoms with Crippen LogP contribution in [-0.4, -0.2) is 58.8 Å². The second-order valence-corrected chi connectivity index (χ2v) is 8.08. The first-order valence-corrected chi connectivity index (χ1v) is 10.2. The van der Waals surface area contributed by atoms with Gasteiger partial charge in [0.25, 0.3) is 5.91 Å². The monoisotopic (exact) mass is 383 g/mol. The molecule has 1 saturated heterocycles. The maximum Gasteiger partial charge on any atom is 0.274 e. The van der Waals surface area contributed by atoms with Crippen LogP contribution in [0.1, 0.15) is 54.5 Å². The van der Waals surface area contributed by atoms with Crippen molar-refractivity contribution >= 4 is 11.6 Å². The molecule has 0 aromatic carbocycles. The fourth-order valence-corrected chi connectivity index (χ4v) is 4.43. The van der Waals surface area contributed by atoms with Crippen molar-refractivity contribution in [2.45, 2.75) is 45.3 Å². The van der Waals surface area contributed by atoms with Crippen molar-refractivity contribution in [1.29, 1.82) is 0 Å². The lowest BCUT2D eigenvalue weighted by Gasteiger charge is -2.35. The fourth-order valence-electron chi connectivity index (χ4n) is 4.43. The van der Waals surface area contributed by atoms with Gasteiger partial charge in [0, 0.05) is 56.7 Å². The molecule has 2 aliphatic heterocycles. The average molecular weight is 383 g/mol. The topological polar surface area (TPSA) is 74.4 Å². The van der Waals surface area contributed by atoms with Crippen molar-refractivity contribution in [2.75, 3.05) is 31.6 Å². The minimum atomic E-state index is -0.0457. The Hall–Kier alpha value is -2.41. The molecule has 0 radical (unpaired) electrons. The molecule has 2 aliphatic rings. The van der Waals surface area contributed by atoms with Gasteiger partial charge >= 0.3 is 0 Å². The molecule has 7 nitrogen and oxygen atoms in total. The Morgan fingerprint density at radius 1 is 1.29 bits per heavy atom. The number of carbonyl (C=O) groups excluding carboxylic acids is 1. The normalized spacial score (nSPS) is 22.8. The van der Waals surface area contributed by atoms with Gasteiger partial charge in [0.15, 0.2) is 5.69 Å². The molecule has 2 atom stereocenters. The Morgan fingerprint density at radius 2 is 2.00 bits per heavy atom. The molecule has 1 fully saturated rings. The maximum atomic E-state index is 13.0. The summed E-state index contributed by atoms with van der Waals surface area (Å²) in [7, 11) is 1.89. The Labute approximate surface area is 166 Å². The summed E-state index contributed by atoms with van der Waals surface area (Å²) < 4.78 is 5.83. The molecule has 1 N–H and O–H groups in total. The molecule has 0 saturated carbocycles. The largest absolute Gasteiger partial charge is 0.371 e. The molecule has 2 aromatic heterocycles. The predicted molar refractivity (Wildman–Crippen MR) is 107 cm³/mol. The number of fused-ring (bicyclic) bond motifs is 1. The molecule has 4 rings (SSSR count). The number of carbonyl (C=O) groups is 1. The van der Waals surface area contributed by atoms with Gasteiger partial charge in [0.2, 0.25) is 0 Å². The number of aromatic amines is 1. The van der Waals surface area contributed by atoms with E-state index in [-0.39, 0.29) is 18.1 Å². The predicted octanol–water partition coefficient (Wildman–Crippen LogP) is 2.82. The molecule has 28 heavy (non-hydrogen) atoms. The zero-order chi connectivity index (χ0) is 19.7. The molecule has 1 amide bonds. The minimum absolute atomic E-state index is 0.00960. The number of rotatable bonds is 4. The van der Waals surface area contributed by atoms with Crippen molar-refractivity contribution in [3.05, 3.63) is 41.5 Å². The van der Waals surface area contributed by atoms with E-state index < -0.39 is 0 Å². The summed E-state index contributed by atoms with van der Waals surface area (Å²) in [5.41, 5.74) is 3.76. The summed E-state index contributed by atoms with van der Waals surface area (Å²) in [5, 5.41) is 7.36. The zero-order valence-electron chi connectivity index (χ0n) is 16.9. The highest BCUT2D eigenvalue weighted by molar-refractivity contribution is 5.94. The molecule has 150 valence electrons. The number of aromatic nitrogens is 3. The minimum Gasteiger partial charge on any atom is -0.371 e. The van der Waals surface area contributed by atoms with Gasteiger partial charge in [-0.3, -0.25) is 14.9 Å². The first-order chi connectivity index (χ1) is 13.5. The number of nitrogens with one attached hydrogen (secondary N) is 1. The number of pyridine rings is 1. The number of H-pyrrole nitrogens is 1. The van der Waals surface area contributed by atoms with Gasteiger partial charge in [-0.2, -0.15) is 5.10 Å². The first kappa shape index (κ1) is 18.9. The van der Waals surface area contributed by atoms with Crippen LogP contribution < -0.4 is 4.90 Å². The van der Waals surface area contributed by atoms with Crippen molar-refractivity contribution in [3.8, 4) is 0 Å². The second kappa shape index (κ2) is 7.91. The van der Waals surface area contributed by atoms with Crippen LogP contribution in [0.15, 0.2) is 24.5 Å². The van der Waals surface area contributed by atoms with Crippen LogP contribution in [-0.2, 0) is 11.2 Å². The lowest BCUT2D eigenvalue weighted by molar-refractivity contribution is -0.00701. The lowest BCUT2D eigenvalue weighted by Crippen LogP contribution is -2.39. The summed E-state index contributed by atoms with van der Waals surface area (Å²) in [6, 6.07) is 4.12. The van der Waals surface area contributed by atoms with Crippen LogP contribution in [0.4, 0.5) is 5.69 Å². The van der Waals surface area contributed by atoms with Gasteiger partial charge in [0.1, 0.15) is 0 Å². The van der Waals surface area contributed by atoms with E-state index in [4.69, 9.17) is 4.74 Å². The van der Waals surface area contributed by atoms with E-state index >= 15 is 0 Å². The van der Waals surface area contributed by atoms with E-state index in [2.05, 4.69) is 32.2 Å². The van der Waals surface area contributed by atoms with Crippen molar-refractivity contribution in [2.24, 2.45) is 5.92 Å². The van der Waals surface area contributed by atoms with Gasteiger partial charge in [0.05, 0.1) is 17.9 Å². The van der Waals surface area contributed by atoms with E-state index in [0.717, 1.165) is 50.2 Å². The molecular formula is C21H29N5O2. The standard InChI is InChI=1S/C21H29N5O2/c1-14-12-18-19(15(2)28-14)23-24-20(18)21(27)25(3)13-16-6-10-26(11-7-16)17-4-8-22-9-5-17/h4-5,8-9,14-16H,6-7,10-13H2,1-3H3,(H,23,24)/t14-,15+/m1/s1. The number of ether oxygens (including phenoxy) is 1. The number of hydrogen-bond acceptors (Lipinski definition) is 5. The molecule has 0 aliphatic carbocycles. The summed E-state index contributed by atoms with van der Waals surface area (Å²) in [6.45, 7) is 6.84. The van der Waals surface area contributed by atoms with Crippen molar-refractivity contribution in [1.82, 2.24) is 20.1 Å². The zero-order valence-corrected chi connectivity index (χ0v) is 16.9. The molecule has 7 heteroatoms. The van der Waals surface area contributed by atoms with Crippen molar-refractivity contribution in [3.63, 3.8) is 0 Å². The Morgan fingerprint density at radius 3 is 2.71 bits per heavy atom. The highest BCUT2D eigenvalue weighted by Crippen LogP contribution is 2.31. The molecule has 4 heterocycles. The van der Waals surface area contributed by atoms with Crippen LogP contribution in [0.3, 0.4) is 0 Å². The lowest BCUT2D eigenvalue weighted by atomic mass is 9.95.